The molecular weight excluding hydrogens is 258 g/mol. The lowest BCUT2D eigenvalue weighted by molar-refractivity contribution is 0.592. The topological polar surface area (TPSA) is 69.6 Å². The average Bonchev–Trinajstić information content (AvgIpc) is 2.79. The summed E-state index contributed by atoms with van der Waals surface area (Å²) in [6, 6.07) is 6.06. The number of aryl methyl sites for hydroxylation is 1. The van der Waals surface area contributed by atoms with E-state index in [9.17, 15) is 0 Å². The molecule has 5 nitrogen and oxygen atoms in total. The van der Waals surface area contributed by atoms with E-state index in [0.29, 0.717) is 6.54 Å². The maximum atomic E-state index is 5.68. The van der Waals surface area contributed by atoms with Crippen LogP contribution in [0.25, 0.3) is 0 Å². The van der Waals surface area contributed by atoms with Crippen LogP contribution in [0.15, 0.2) is 23.4 Å². The molecule has 2 rings (SSSR count). The molecule has 0 atom stereocenters. The summed E-state index contributed by atoms with van der Waals surface area (Å²) in [5, 5.41) is 9.26. The third-order valence-electron chi connectivity index (χ3n) is 2.72. The Hall–Kier alpha value is -1.40. The molecule has 19 heavy (non-hydrogen) atoms. The van der Waals surface area contributed by atoms with Crippen LogP contribution in [0.1, 0.15) is 30.6 Å². The summed E-state index contributed by atoms with van der Waals surface area (Å²) in [6.07, 6.45) is 1.04. The van der Waals surface area contributed by atoms with Crippen molar-refractivity contribution >= 4 is 11.8 Å². The summed E-state index contributed by atoms with van der Waals surface area (Å²) in [5.41, 5.74) is 7.77. The van der Waals surface area contributed by atoms with Crippen molar-refractivity contribution in [2.24, 2.45) is 5.73 Å². The van der Waals surface area contributed by atoms with E-state index >= 15 is 0 Å². The molecule has 0 amide bonds. The predicted octanol–water partition coefficient (Wildman–Crippen LogP) is 2.14. The highest BCUT2D eigenvalue weighted by molar-refractivity contribution is 7.98. The van der Waals surface area contributed by atoms with Crippen LogP contribution in [0, 0.1) is 6.92 Å². The summed E-state index contributed by atoms with van der Waals surface area (Å²) >= 11 is 1.66. The monoisotopic (exact) mass is 277 g/mol. The van der Waals surface area contributed by atoms with Crippen molar-refractivity contribution in [1.29, 1.82) is 0 Å². The Labute approximate surface area is 117 Å². The summed E-state index contributed by atoms with van der Waals surface area (Å²) in [7, 11) is 0. The van der Waals surface area contributed by atoms with Gasteiger partial charge in [0.25, 0.3) is 0 Å². The Bertz CT molecular complexity index is 538. The van der Waals surface area contributed by atoms with Crippen molar-refractivity contribution in [1.82, 2.24) is 19.7 Å². The molecule has 2 heterocycles. The van der Waals surface area contributed by atoms with Crippen LogP contribution in [0.2, 0.25) is 0 Å². The molecule has 0 aliphatic rings. The Kier molecular flexibility index (Phi) is 4.93. The zero-order valence-corrected chi connectivity index (χ0v) is 12.2. The molecule has 0 saturated carbocycles. The Morgan fingerprint density at radius 2 is 2.16 bits per heavy atom. The van der Waals surface area contributed by atoms with Gasteiger partial charge in [-0.05, 0) is 25.5 Å². The lowest BCUT2D eigenvalue weighted by atomic mass is 10.3. The van der Waals surface area contributed by atoms with Gasteiger partial charge < -0.3 is 10.3 Å². The maximum absolute atomic E-state index is 5.68. The third kappa shape index (κ3) is 3.54. The third-order valence-corrected chi connectivity index (χ3v) is 3.72. The van der Waals surface area contributed by atoms with Crippen LogP contribution >= 0.6 is 11.8 Å². The van der Waals surface area contributed by atoms with E-state index < -0.39 is 0 Å². The highest BCUT2D eigenvalue weighted by atomic mass is 32.2. The lowest BCUT2D eigenvalue weighted by Gasteiger charge is -2.07. The minimum atomic E-state index is 0.427. The molecule has 6 heteroatoms. The van der Waals surface area contributed by atoms with E-state index in [1.54, 1.807) is 11.8 Å². The van der Waals surface area contributed by atoms with Gasteiger partial charge in [-0.3, -0.25) is 4.98 Å². The smallest absolute Gasteiger partial charge is 0.191 e. The van der Waals surface area contributed by atoms with Gasteiger partial charge in [-0.2, -0.15) is 0 Å². The molecule has 2 aromatic heterocycles. The first kappa shape index (κ1) is 14.0. The summed E-state index contributed by atoms with van der Waals surface area (Å²) < 4.78 is 2.10. The Morgan fingerprint density at radius 1 is 1.32 bits per heavy atom. The maximum Gasteiger partial charge on any atom is 0.191 e. The summed E-state index contributed by atoms with van der Waals surface area (Å²) in [4.78, 5) is 4.49. The molecule has 0 aromatic carbocycles. The molecule has 102 valence electrons. The first-order valence-electron chi connectivity index (χ1n) is 6.42. The van der Waals surface area contributed by atoms with Crippen LogP contribution in [0.5, 0.6) is 0 Å². The van der Waals surface area contributed by atoms with Crippen LogP contribution < -0.4 is 5.73 Å². The zero-order chi connectivity index (χ0) is 13.7. The summed E-state index contributed by atoms with van der Waals surface area (Å²) in [5.74, 6) is 1.65. The average molecular weight is 277 g/mol. The SMILES string of the molecule is CCCn1c(CN)nnc1SCc1cccc(C)n1. The van der Waals surface area contributed by atoms with Gasteiger partial charge in [0.1, 0.15) is 5.82 Å². The number of hydrogen-bond acceptors (Lipinski definition) is 5. The highest BCUT2D eigenvalue weighted by Crippen LogP contribution is 2.21. The predicted molar refractivity (Wildman–Crippen MR) is 76.7 cm³/mol. The van der Waals surface area contributed by atoms with Gasteiger partial charge in [-0.15, -0.1) is 10.2 Å². The van der Waals surface area contributed by atoms with E-state index in [1.807, 2.05) is 25.1 Å². The van der Waals surface area contributed by atoms with Crippen molar-refractivity contribution in [3.05, 3.63) is 35.4 Å². The number of aromatic nitrogens is 4. The van der Waals surface area contributed by atoms with Gasteiger partial charge in [0.15, 0.2) is 5.16 Å². The molecular formula is C13H19N5S. The first-order valence-corrected chi connectivity index (χ1v) is 7.40. The normalized spacial score (nSPS) is 10.9. The van der Waals surface area contributed by atoms with E-state index in [1.165, 1.54) is 0 Å². The molecule has 0 saturated heterocycles. The first-order chi connectivity index (χ1) is 9.24. The van der Waals surface area contributed by atoms with Crippen LogP contribution in [0.4, 0.5) is 0 Å². The number of rotatable bonds is 6. The molecule has 0 spiro atoms. The van der Waals surface area contributed by atoms with E-state index in [-0.39, 0.29) is 0 Å². The molecule has 0 radical (unpaired) electrons. The van der Waals surface area contributed by atoms with E-state index in [2.05, 4.69) is 26.7 Å². The molecule has 0 fully saturated rings. The fourth-order valence-corrected chi connectivity index (χ4v) is 2.73. The second kappa shape index (κ2) is 6.68. The van der Waals surface area contributed by atoms with E-state index in [4.69, 9.17) is 5.73 Å². The quantitative estimate of drug-likeness (QED) is 0.819. The van der Waals surface area contributed by atoms with Crippen molar-refractivity contribution < 1.29 is 0 Å². The lowest BCUT2D eigenvalue weighted by Crippen LogP contribution is -2.09. The van der Waals surface area contributed by atoms with Crippen molar-refractivity contribution in [3.63, 3.8) is 0 Å². The van der Waals surface area contributed by atoms with Gasteiger partial charge >= 0.3 is 0 Å². The molecule has 0 unspecified atom stereocenters. The van der Waals surface area contributed by atoms with Crippen LogP contribution in [-0.4, -0.2) is 19.7 Å². The molecule has 0 aliphatic heterocycles. The minimum absolute atomic E-state index is 0.427. The van der Waals surface area contributed by atoms with E-state index in [0.717, 1.165) is 41.1 Å². The van der Waals surface area contributed by atoms with Gasteiger partial charge in [-0.25, -0.2) is 0 Å². The van der Waals surface area contributed by atoms with Gasteiger partial charge in [0, 0.05) is 18.0 Å². The van der Waals surface area contributed by atoms with Crippen molar-refractivity contribution in [2.75, 3.05) is 0 Å². The van der Waals surface area contributed by atoms with Gasteiger partial charge in [-0.1, -0.05) is 24.8 Å². The number of nitrogens with two attached hydrogens (primary N) is 1. The molecule has 2 aromatic rings. The Morgan fingerprint density at radius 3 is 2.84 bits per heavy atom. The molecule has 0 bridgehead atoms. The zero-order valence-electron chi connectivity index (χ0n) is 11.3. The summed E-state index contributed by atoms with van der Waals surface area (Å²) in [6.45, 7) is 5.47. The number of pyridine rings is 1. The second-order valence-corrected chi connectivity index (χ2v) is 5.26. The standard InChI is InChI=1S/C13H19N5S/c1-3-7-18-12(8-14)16-17-13(18)19-9-11-6-4-5-10(2)15-11/h4-6H,3,7-9,14H2,1-2H3. The van der Waals surface area contributed by atoms with Crippen molar-refractivity contribution in [3.8, 4) is 0 Å². The van der Waals surface area contributed by atoms with Gasteiger partial charge in [0.05, 0.1) is 12.2 Å². The highest BCUT2D eigenvalue weighted by Gasteiger charge is 2.11. The minimum Gasteiger partial charge on any atom is -0.324 e. The van der Waals surface area contributed by atoms with Gasteiger partial charge in [0.2, 0.25) is 0 Å². The van der Waals surface area contributed by atoms with Crippen LogP contribution in [0.3, 0.4) is 0 Å². The fraction of sp³-hybridized carbons (Fsp3) is 0.462. The fourth-order valence-electron chi connectivity index (χ4n) is 1.84. The van der Waals surface area contributed by atoms with Crippen molar-refractivity contribution in [2.45, 2.75) is 44.3 Å². The molecule has 0 aliphatic carbocycles. The number of hydrogen-bond donors (Lipinski definition) is 1. The van der Waals surface area contributed by atoms with Crippen LogP contribution in [-0.2, 0) is 18.8 Å². The largest absolute Gasteiger partial charge is 0.324 e. The molecule has 2 N–H and O–H groups in total. The Balaban J connectivity index is 2.08. The number of nitrogens with zero attached hydrogens (tertiary/aromatic N) is 4. The second-order valence-electron chi connectivity index (χ2n) is 4.31. The number of thioether (sulfide) groups is 1.